The Morgan fingerprint density at radius 3 is 2.16 bits per heavy atom. The Bertz CT molecular complexity index is 628. The van der Waals surface area contributed by atoms with Crippen LogP contribution in [-0.2, 0) is 17.9 Å². The molecular formula is C18H23N3O2S2. The van der Waals surface area contributed by atoms with E-state index in [1.165, 1.54) is 9.75 Å². The summed E-state index contributed by atoms with van der Waals surface area (Å²) in [7, 11) is 0. The van der Waals surface area contributed by atoms with Gasteiger partial charge in [0, 0.05) is 28.9 Å². The third-order valence-corrected chi connectivity index (χ3v) is 5.95. The summed E-state index contributed by atoms with van der Waals surface area (Å²) in [6, 6.07) is 8.00. The van der Waals surface area contributed by atoms with Gasteiger partial charge in [-0.1, -0.05) is 25.0 Å². The lowest BCUT2D eigenvalue weighted by Gasteiger charge is -2.20. The molecule has 7 heteroatoms. The first-order chi connectivity index (χ1) is 12.2. The number of carbonyl (C=O) groups excluding carboxylic acids is 2. The van der Waals surface area contributed by atoms with Crippen LogP contribution in [0.1, 0.15) is 35.4 Å². The van der Waals surface area contributed by atoms with Gasteiger partial charge in [-0.25, -0.2) is 4.79 Å². The summed E-state index contributed by atoms with van der Waals surface area (Å²) in [5, 5.41) is 9.43. The van der Waals surface area contributed by atoms with Crippen molar-refractivity contribution in [1.29, 1.82) is 0 Å². The second kappa shape index (κ2) is 9.12. The maximum atomic E-state index is 12.3. The van der Waals surface area contributed by atoms with E-state index in [2.05, 4.69) is 27.7 Å². The number of imide groups is 1. The van der Waals surface area contributed by atoms with Crippen molar-refractivity contribution in [2.24, 2.45) is 0 Å². The molecule has 2 heterocycles. The van der Waals surface area contributed by atoms with Crippen molar-refractivity contribution in [1.82, 2.24) is 15.5 Å². The maximum Gasteiger partial charge on any atom is 0.321 e. The zero-order chi connectivity index (χ0) is 17.5. The molecule has 2 N–H and O–H groups in total. The van der Waals surface area contributed by atoms with Gasteiger partial charge in [0.2, 0.25) is 5.91 Å². The van der Waals surface area contributed by atoms with E-state index in [4.69, 9.17) is 0 Å². The molecule has 0 saturated heterocycles. The number of hydrogen-bond donors (Lipinski definition) is 2. The Labute approximate surface area is 156 Å². The van der Waals surface area contributed by atoms with Gasteiger partial charge in [0.1, 0.15) is 0 Å². The minimum absolute atomic E-state index is 0.202. The van der Waals surface area contributed by atoms with Gasteiger partial charge in [-0.3, -0.25) is 15.0 Å². The topological polar surface area (TPSA) is 61.4 Å². The Morgan fingerprint density at radius 2 is 1.64 bits per heavy atom. The van der Waals surface area contributed by atoms with Crippen molar-refractivity contribution < 1.29 is 9.59 Å². The third-order valence-electron chi connectivity index (χ3n) is 4.23. The molecule has 0 unspecified atom stereocenters. The van der Waals surface area contributed by atoms with E-state index >= 15 is 0 Å². The summed E-state index contributed by atoms with van der Waals surface area (Å²) >= 11 is 3.35. The van der Waals surface area contributed by atoms with Crippen molar-refractivity contribution in [3.63, 3.8) is 0 Å². The number of nitrogens with one attached hydrogen (secondary N) is 2. The van der Waals surface area contributed by atoms with Crippen LogP contribution in [0.3, 0.4) is 0 Å². The van der Waals surface area contributed by atoms with Crippen molar-refractivity contribution in [2.75, 3.05) is 6.54 Å². The van der Waals surface area contributed by atoms with Crippen LogP contribution in [0.25, 0.3) is 0 Å². The molecule has 5 nitrogen and oxygen atoms in total. The smallest absolute Gasteiger partial charge is 0.321 e. The fourth-order valence-corrected chi connectivity index (χ4v) is 4.57. The van der Waals surface area contributed by atoms with Crippen LogP contribution in [0.15, 0.2) is 35.0 Å². The van der Waals surface area contributed by atoms with E-state index in [1.807, 2.05) is 22.9 Å². The largest absolute Gasteiger partial charge is 0.335 e. The Morgan fingerprint density at radius 1 is 1.04 bits per heavy atom. The predicted octanol–water partition coefficient (Wildman–Crippen LogP) is 3.58. The molecular weight excluding hydrogens is 354 g/mol. The van der Waals surface area contributed by atoms with Gasteiger partial charge >= 0.3 is 6.03 Å². The molecule has 1 aliphatic rings. The number of amides is 3. The van der Waals surface area contributed by atoms with Gasteiger partial charge in [0.05, 0.1) is 6.54 Å². The highest BCUT2D eigenvalue weighted by Crippen LogP contribution is 2.18. The van der Waals surface area contributed by atoms with Crippen LogP contribution >= 0.6 is 22.7 Å². The summed E-state index contributed by atoms with van der Waals surface area (Å²) in [5.74, 6) is -0.261. The lowest BCUT2D eigenvalue weighted by Crippen LogP contribution is -2.46. The average Bonchev–Trinajstić information content (AvgIpc) is 3.29. The van der Waals surface area contributed by atoms with Gasteiger partial charge in [-0.05, 0) is 35.7 Å². The Hall–Kier alpha value is -1.70. The Kier molecular flexibility index (Phi) is 6.61. The van der Waals surface area contributed by atoms with Crippen LogP contribution in [0.2, 0.25) is 0 Å². The van der Waals surface area contributed by atoms with Crippen LogP contribution in [0.4, 0.5) is 4.79 Å². The van der Waals surface area contributed by atoms with E-state index in [0.29, 0.717) is 13.1 Å². The molecule has 0 atom stereocenters. The van der Waals surface area contributed by atoms with E-state index < -0.39 is 0 Å². The number of nitrogens with zero attached hydrogens (tertiary/aromatic N) is 1. The molecule has 1 fully saturated rings. The summed E-state index contributed by atoms with van der Waals surface area (Å²) in [4.78, 5) is 28.7. The number of urea groups is 1. The first-order valence-corrected chi connectivity index (χ1v) is 10.3. The lowest BCUT2D eigenvalue weighted by atomic mass is 10.2. The zero-order valence-corrected chi connectivity index (χ0v) is 15.7. The predicted molar refractivity (Wildman–Crippen MR) is 102 cm³/mol. The molecule has 2 aromatic rings. The standard InChI is InChI=1S/C18H23N3O2S2/c22-17(20-18(23)19-14-5-1-2-6-14)13-21(11-15-7-3-9-24-15)12-16-8-4-10-25-16/h3-4,7-10,14H,1-2,5-6,11-13H2,(H2,19,20,22,23). The third kappa shape index (κ3) is 5.95. The van der Waals surface area contributed by atoms with E-state index in [0.717, 1.165) is 25.7 Å². The van der Waals surface area contributed by atoms with Crippen LogP contribution in [0, 0.1) is 0 Å². The number of carbonyl (C=O) groups is 2. The Balaban J connectivity index is 1.52. The van der Waals surface area contributed by atoms with Gasteiger partial charge in [-0.2, -0.15) is 0 Å². The second-order valence-corrected chi connectivity index (χ2v) is 8.37. The molecule has 1 saturated carbocycles. The number of thiophene rings is 2. The first kappa shape index (κ1) is 18.1. The van der Waals surface area contributed by atoms with E-state index in [-0.39, 0.29) is 24.5 Å². The summed E-state index contributed by atoms with van der Waals surface area (Å²) < 4.78 is 0. The fraction of sp³-hybridized carbons (Fsp3) is 0.444. The molecule has 1 aliphatic carbocycles. The van der Waals surface area contributed by atoms with Gasteiger partial charge < -0.3 is 5.32 Å². The highest BCUT2D eigenvalue weighted by atomic mass is 32.1. The molecule has 0 spiro atoms. The fourth-order valence-electron chi connectivity index (χ4n) is 3.07. The molecule has 0 aliphatic heterocycles. The summed E-state index contributed by atoms with van der Waals surface area (Å²) in [6.45, 7) is 1.61. The maximum absolute atomic E-state index is 12.3. The van der Waals surface area contributed by atoms with E-state index in [9.17, 15) is 9.59 Å². The van der Waals surface area contributed by atoms with Crippen molar-refractivity contribution in [2.45, 2.75) is 44.8 Å². The SMILES string of the molecule is O=C(CN(Cc1cccs1)Cc1cccs1)NC(=O)NC1CCCC1. The van der Waals surface area contributed by atoms with Gasteiger partial charge in [0.15, 0.2) is 0 Å². The lowest BCUT2D eigenvalue weighted by molar-refractivity contribution is -0.121. The molecule has 0 bridgehead atoms. The normalized spacial score (nSPS) is 14.8. The first-order valence-electron chi connectivity index (χ1n) is 8.56. The minimum Gasteiger partial charge on any atom is -0.335 e. The average molecular weight is 378 g/mol. The minimum atomic E-state index is -0.371. The second-order valence-electron chi connectivity index (χ2n) is 6.31. The highest BCUT2D eigenvalue weighted by molar-refractivity contribution is 7.10. The molecule has 3 rings (SSSR count). The number of rotatable bonds is 7. The molecule has 25 heavy (non-hydrogen) atoms. The molecule has 0 aromatic carbocycles. The van der Waals surface area contributed by atoms with E-state index in [1.54, 1.807) is 22.7 Å². The highest BCUT2D eigenvalue weighted by Gasteiger charge is 2.19. The van der Waals surface area contributed by atoms with Crippen LogP contribution in [-0.4, -0.2) is 29.4 Å². The quantitative estimate of drug-likeness (QED) is 0.775. The van der Waals surface area contributed by atoms with Crippen molar-refractivity contribution in [3.8, 4) is 0 Å². The zero-order valence-electron chi connectivity index (χ0n) is 14.1. The molecule has 134 valence electrons. The summed E-state index contributed by atoms with van der Waals surface area (Å²) in [6.07, 6.45) is 4.30. The molecule has 3 amide bonds. The van der Waals surface area contributed by atoms with Crippen LogP contribution in [0.5, 0.6) is 0 Å². The molecule has 0 radical (unpaired) electrons. The van der Waals surface area contributed by atoms with Crippen molar-refractivity contribution in [3.05, 3.63) is 44.8 Å². The van der Waals surface area contributed by atoms with Gasteiger partial charge in [0.25, 0.3) is 0 Å². The van der Waals surface area contributed by atoms with Crippen molar-refractivity contribution >= 4 is 34.6 Å². The monoisotopic (exact) mass is 377 g/mol. The molecule has 2 aromatic heterocycles. The van der Waals surface area contributed by atoms with Crippen LogP contribution < -0.4 is 10.6 Å². The number of hydrogen-bond acceptors (Lipinski definition) is 5. The van der Waals surface area contributed by atoms with Gasteiger partial charge in [-0.15, -0.1) is 22.7 Å². The summed E-state index contributed by atoms with van der Waals surface area (Å²) in [5.41, 5.74) is 0.